The van der Waals surface area contributed by atoms with Crippen LogP contribution in [-0.4, -0.2) is 12.3 Å². The number of nitrogens with two attached hydrogens (primary N) is 1. The Kier molecular flexibility index (Phi) is 3.18. The summed E-state index contributed by atoms with van der Waals surface area (Å²) in [4.78, 5) is 11.0. The Morgan fingerprint density at radius 3 is 2.92 bits per heavy atom. The number of benzene rings is 1. The van der Waals surface area contributed by atoms with Crippen molar-refractivity contribution in [3.8, 4) is 6.07 Å². The number of ketones is 1. The minimum atomic E-state index is -0.0184. The van der Waals surface area contributed by atoms with Gasteiger partial charge in [-0.05, 0) is 17.7 Å². The van der Waals surface area contributed by atoms with Crippen molar-refractivity contribution in [2.75, 3.05) is 6.54 Å². The molecule has 0 unspecified atom stereocenters. The van der Waals surface area contributed by atoms with Gasteiger partial charge >= 0.3 is 0 Å². The molecule has 0 aliphatic heterocycles. The Bertz CT molecular complexity index is 352. The monoisotopic (exact) mass is 174 g/mol. The van der Waals surface area contributed by atoms with Gasteiger partial charge in [-0.1, -0.05) is 12.1 Å². The van der Waals surface area contributed by atoms with E-state index in [2.05, 4.69) is 0 Å². The molecule has 66 valence electrons. The van der Waals surface area contributed by atoms with E-state index in [1.54, 1.807) is 18.2 Å². The Morgan fingerprint density at radius 2 is 2.31 bits per heavy atom. The number of hydrogen-bond donors (Lipinski definition) is 1. The zero-order valence-electron chi connectivity index (χ0n) is 7.16. The van der Waals surface area contributed by atoms with E-state index in [9.17, 15) is 4.79 Å². The highest BCUT2D eigenvalue weighted by Gasteiger charge is 2.01. The molecule has 13 heavy (non-hydrogen) atoms. The second-order valence-corrected chi connectivity index (χ2v) is 2.73. The minimum absolute atomic E-state index is 0.0184. The molecule has 1 aromatic rings. The number of hydrogen-bond acceptors (Lipinski definition) is 3. The number of carbonyl (C=O) groups excluding carboxylic acids is 1. The highest BCUT2D eigenvalue weighted by atomic mass is 16.1. The zero-order chi connectivity index (χ0) is 9.68. The molecule has 0 amide bonds. The Labute approximate surface area is 76.8 Å². The fraction of sp³-hybridized carbons (Fsp3) is 0.200. The van der Waals surface area contributed by atoms with Crippen LogP contribution in [-0.2, 0) is 11.2 Å². The molecule has 0 radical (unpaired) electrons. The Hall–Kier alpha value is -1.66. The maximum Gasteiger partial charge on any atom is 0.150 e. The van der Waals surface area contributed by atoms with Crippen LogP contribution >= 0.6 is 0 Å². The number of Topliss-reactive ketones (excluding diaryl/α,β-unsaturated/α-hetero) is 1. The molecule has 0 heterocycles. The molecule has 3 nitrogen and oxygen atoms in total. The molecular formula is C10H10N2O. The summed E-state index contributed by atoms with van der Waals surface area (Å²) in [7, 11) is 0. The molecule has 0 aliphatic rings. The number of carbonyl (C=O) groups is 1. The standard InChI is InChI=1S/C10H10N2O/c11-6-9-3-1-2-8(4-9)5-10(13)7-12/h1-4H,5,7,12H2. The van der Waals surface area contributed by atoms with Gasteiger partial charge in [-0.25, -0.2) is 0 Å². The molecule has 2 N–H and O–H groups in total. The lowest BCUT2D eigenvalue weighted by atomic mass is 10.1. The highest BCUT2D eigenvalue weighted by Crippen LogP contribution is 2.04. The van der Waals surface area contributed by atoms with Crippen molar-refractivity contribution >= 4 is 5.78 Å². The summed E-state index contributed by atoms with van der Waals surface area (Å²) in [6.07, 6.45) is 0.312. The average molecular weight is 174 g/mol. The van der Waals surface area contributed by atoms with E-state index >= 15 is 0 Å². The molecule has 0 fully saturated rings. The molecule has 0 aliphatic carbocycles. The summed E-state index contributed by atoms with van der Waals surface area (Å²) in [6.45, 7) is 0.0524. The summed E-state index contributed by atoms with van der Waals surface area (Å²) < 4.78 is 0. The third kappa shape index (κ3) is 2.69. The van der Waals surface area contributed by atoms with Gasteiger partial charge in [-0.3, -0.25) is 4.79 Å². The van der Waals surface area contributed by atoms with Crippen molar-refractivity contribution in [2.24, 2.45) is 5.73 Å². The first-order chi connectivity index (χ1) is 6.26. The maximum absolute atomic E-state index is 11.0. The molecule has 0 bridgehead atoms. The van der Waals surface area contributed by atoms with Crippen LogP contribution in [0.25, 0.3) is 0 Å². The fourth-order valence-corrected chi connectivity index (χ4v) is 1.05. The van der Waals surface area contributed by atoms with Crippen LogP contribution < -0.4 is 5.73 Å². The predicted molar refractivity (Wildman–Crippen MR) is 48.9 cm³/mol. The first-order valence-corrected chi connectivity index (χ1v) is 3.97. The SMILES string of the molecule is N#Cc1cccc(CC(=O)CN)c1. The van der Waals surface area contributed by atoms with E-state index in [-0.39, 0.29) is 12.3 Å². The summed E-state index contributed by atoms with van der Waals surface area (Å²) >= 11 is 0. The molecule has 3 heteroatoms. The van der Waals surface area contributed by atoms with Crippen molar-refractivity contribution in [3.05, 3.63) is 35.4 Å². The van der Waals surface area contributed by atoms with Crippen LogP contribution in [0.2, 0.25) is 0 Å². The van der Waals surface area contributed by atoms with E-state index in [0.717, 1.165) is 5.56 Å². The van der Waals surface area contributed by atoms with Gasteiger partial charge < -0.3 is 5.73 Å². The van der Waals surface area contributed by atoms with Gasteiger partial charge in [0.25, 0.3) is 0 Å². The Balaban J connectivity index is 2.79. The Morgan fingerprint density at radius 1 is 1.54 bits per heavy atom. The van der Waals surface area contributed by atoms with Gasteiger partial charge in [-0.15, -0.1) is 0 Å². The van der Waals surface area contributed by atoms with Crippen molar-refractivity contribution in [3.63, 3.8) is 0 Å². The van der Waals surface area contributed by atoms with Gasteiger partial charge in [0.1, 0.15) is 0 Å². The van der Waals surface area contributed by atoms with Crippen molar-refractivity contribution in [1.82, 2.24) is 0 Å². The summed E-state index contributed by atoms with van der Waals surface area (Å²) in [5, 5.41) is 8.59. The topological polar surface area (TPSA) is 66.9 Å². The van der Waals surface area contributed by atoms with Gasteiger partial charge in [-0.2, -0.15) is 5.26 Å². The first kappa shape index (κ1) is 9.43. The third-order valence-corrected chi connectivity index (χ3v) is 1.69. The van der Waals surface area contributed by atoms with Gasteiger partial charge in [0.15, 0.2) is 5.78 Å². The number of rotatable bonds is 3. The van der Waals surface area contributed by atoms with Gasteiger partial charge in [0.2, 0.25) is 0 Å². The van der Waals surface area contributed by atoms with E-state index in [4.69, 9.17) is 11.0 Å². The van der Waals surface area contributed by atoms with Crippen LogP contribution in [0.4, 0.5) is 0 Å². The highest BCUT2D eigenvalue weighted by molar-refractivity contribution is 5.82. The molecule has 0 aromatic heterocycles. The third-order valence-electron chi connectivity index (χ3n) is 1.69. The van der Waals surface area contributed by atoms with Gasteiger partial charge in [0, 0.05) is 6.42 Å². The van der Waals surface area contributed by atoms with E-state index in [0.29, 0.717) is 12.0 Å². The van der Waals surface area contributed by atoms with Gasteiger partial charge in [0.05, 0.1) is 18.2 Å². The molecule has 1 aromatic carbocycles. The largest absolute Gasteiger partial charge is 0.324 e. The zero-order valence-corrected chi connectivity index (χ0v) is 7.16. The lowest BCUT2D eigenvalue weighted by Gasteiger charge is -1.98. The van der Waals surface area contributed by atoms with Crippen molar-refractivity contribution < 1.29 is 4.79 Å². The minimum Gasteiger partial charge on any atom is -0.324 e. The second kappa shape index (κ2) is 4.39. The smallest absolute Gasteiger partial charge is 0.150 e. The normalized spacial score (nSPS) is 9.23. The molecule has 0 atom stereocenters. The van der Waals surface area contributed by atoms with Crippen LogP contribution in [0, 0.1) is 11.3 Å². The first-order valence-electron chi connectivity index (χ1n) is 3.97. The van der Waals surface area contributed by atoms with E-state index in [1.165, 1.54) is 0 Å². The lowest BCUT2D eigenvalue weighted by molar-refractivity contribution is -0.117. The summed E-state index contributed by atoms with van der Waals surface area (Å²) in [5.74, 6) is -0.0184. The van der Waals surface area contributed by atoms with E-state index in [1.807, 2.05) is 12.1 Å². The number of nitriles is 1. The van der Waals surface area contributed by atoms with Crippen LogP contribution in [0.3, 0.4) is 0 Å². The average Bonchev–Trinajstić information content (AvgIpc) is 2.18. The van der Waals surface area contributed by atoms with Crippen LogP contribution in [0.1, 0.15) is 11.1 Å². The van der Waals surface area contributed by atoms with Crippen molar-refractivity contribution in [2.45, 2.75) is 6.42 Å². The summed E-state index contributed by atoms with van der Waals surface area (Å²) in [5.41, 5.74) is 6.59. The molecule has 0 saturated heterocycles. The van der Waals surface area contributed by atoms with E-state index < -0.39 is 0 Å². The fourth-order valence-electron chi connectivity index (χ4n) is 1.05. The molecule has 0 spiro atoms. The maximum atomic E-state index is 11.0. The second-order valence-electron chi connectivity index (χ2n) is 2.73. The number of nitrogens with zero attached hydrogens (tertiary/aromatic N) is 1. The van der Waals surface area contributed by atoms with Crippen LogP contribution in [0.15, 0.2) is 24.3 Å². The summed E-state index contributed by atoms with van der Waals surface area (Å²) in [6, 6.07) is 9.00. The lowest BCUT2D eigenvalue weighted by Crippen LogP contribution is -2.15. The predicted octanol–water partition coefficient (Wildman–Crippen LogP) is 0.629. The van der Waals surface area contributed by atoms with Crippen LogP contribution in [0.5, 0.6) is 0 Å². The molecule has 0 saturated carbocycles. The quantitative estimate of drug-likeness (QED) is 0.730. The molecule has 1 rings (SSSR count). The molecular weight excluding hydrogens is 164 g/mol. The van der Waals surface area contributed by atoms with Crippen molar-refractivity contribution in [1.29, 1.82) is 5.26 Å².